The molecule has 1 fully saturated rings. The Morgan fingerprint density at radius 2 is 2.08 bits per heavy atom. The first-order valence-corrected chi connectivity index (χ1v) is 9.38. The molecule has 0 spiro atoms. The number of aromatic amines is 1. The van der Waals surface area contributed by atoms with Gasteiger partial charge < -0.3 is 10.2 Å². The molecule has 2 aromatic rings. The van der Waals surface area contributed by atoms with Gasteiger partial charge in [0, 0.05) is 35.1 Å². The zero-order chi connectivity index (χ0) is 18.7. The summed E-state index contributed by atoms with van der Waals surface area (Å²) in [5.74, 6) is 0.130. The number of aromatic nitrogens is 2. The molecule has 2 heterocycles. The Labute approximate surface area is 164 Å². The van der Waals surface area contributed by atoms with Gasteiger partial charge in [-0.25, -0.2) is 0 Å². The molecule has 0 atom stereocenters. The van der Waals surface area contributed by atoms with Crippen molar-refractivity contribution in [2.24, 2.45) is 5.92 Å². The molecule has 3 rings (SSSR count). The summed E-state index contributed by atoms with van der Waals surface area (Å²) in [7, 11) is 0. The summed E-state index contributed by atoms with van der Waals surface area (Å²) >= 11 is 9.64. The summed E-state index contributed by atoms with van der Waals surface area (Å²) in [5.41, 5.74) is 1.52. The molecule has 6 nitrogen and oxygen atoms in total. The summed E-state index contributed by atoms with van der Waals surface area (Å²) in [5, 5.41) is 10.5. The molecule has 136 valence electrons. The summed E-state index contributed by atoms with van der Waals surface area (Å²) in [6.45, 7) is 4.61. The number of likely N-dealkylation sites (tertiary alicyclic amines) is 1. The van der Waals surface area contributed by atoms with Crippen LogP contribution in [0.4, 0.5) is 5.82 Å². The number of anilines is 1. The second kappa shape index (κ2) is 8.05. The van der Waals surface area contributed by atoms with Crippen LogP contribution in [0.1, 0.15) is 12.8 Å². The standard InChI is InChI=1S/C18H18BrClN4O2/c1-2-17(25)24-7-5-11(6-8-24)18(26)21-16-10-15(22-23-16)13-9-12(19)3-4-14(13)20/h2-4,9-11H,1,5-8H2,(H2,21,22,23,26). The van der Waals surface area contributed by atoms with Crippen LogP contribution in [0.15, 0.2) is 41.4 Å². The van der Waals surface area contributed by atoms with Gasteiger partial charge in [-0.3, -0.25) is 14.7 Å². The lowest BCUT2D eigenvalue weighted by Gasteiger charge is -2.30. The van der Waals surface area contributed by atoms with E-state index in [0.29, 0.717) is 36.8 Å². The molecule has 1 aromatic heterocycles. The molecule has 1 saturated heterocycles. The van der Waals surface area contributed by atoms with Gasteiger partial charge in [0.05, 0.1) is 10.7 Å². The predicted octanol–water partition coefficient (Wildman–Crippen LogP) is 3.86. The Kier molecular flexibility index (Phi) is 5.78. The van der Waals surface area contributed by atoms with Crippen molar-refractivity contribution in [3.8, 4) is 11.3 Å². The Bertz CT molecular complexity index is 843. The molecule has 2 amide bonds. The molecule has 0 saturated carbocycles. The molecule has 2 N–H and O–H groups in total. The third-order valence-corrected chi connectivity index (χ3v) is 5.22. The minimum absolute atomic E-state index is 0.0888. The van der Waals surface area contributed by atoms with E-state index in [4.69, 9.17) is 11.6 Å². The molecular formula is C18H18BrClN4O2. The lowest BCUT2D eigenvalue weighted by Crippen LogP contribution is -2.40. The number of carbonyl (C=O) groups is 2. The van der Waals surface area contributed by atoms with Gasteiger partial charge in [-0.15, -0.1) is 0 Å². The molecular weight excluding hydrogens is 420 g/mol. The fraction of sp³-hybridized carbons (Fsp3) is 0.278. The van der Waals surface area contributed by atoms with Gasteiger partial charge in [-0.05, 0) is 37.1 Å². The first kappa shape index (κ1) is 18.7. The Morgan fingerprint density at radius 1 is 1.35 bits per heavy atom. The fourth-order valence-corrected chi connectivity index (χ4v) is 3.53. The fourth-order valence-electron chi connectivity index (χ4n) is 2.95. The molecule has 26 heavy (non-hydrogen) atoms. The number of hydrogen-bond donors (Lipinski definition) is 2. The Balaban J connectivity index is 1.63. The summed E-state index contributed by atoms with van der Waals surface area (Å²) in [6.07, 6.45) is 2.55. The van der Waals surface area contributed by atoms with E-state index in [0.717, 1.165) is 15.7 Å². The van der Waals surface area contributed by atoms with Crippen LogP contribution in [0.3, 0.4) is 0 Å². The van der Waals surface area contributed by atoms with E-state index >= 15 is 0 Å². The minimum Gasteiger partial charge on any atom is -0.339 e. The number of hydrogen-bond acceptors (Lipinski definition) is 3. The lowest BCUT2D eigenvalue weighted by atomic mass is 9.96. The molecule has 1 aromatic carbocycles. The number of nitrogens with one attached hydrogen (secondary N) is 2. The highest BCUT2D eigenvalue weighted by molar-refractivity contribution is 9.10. The van der Waals surface area contributed by atoms with Gasteiger partial charge in [0.15, 0.2) is 5.82 Å². The molecule has 0 bridgehead atoms. The molecule has 1 aliphatic heterocycles. The number of halogens is 2. The number of rotatable bonds is 4. The molecule has 0 radical (unpaired) electrons. The maximum absolute atomic E-state index is 12.5. The van der Waals surface area contributed by atoms with Gasteiger partial charge in [-0.2, -0.15) is 5.10 Å². The van der Waals surface area contributed by atoms with E-state index in [2.05, 4.69) is 38.0 Å². The van der Waals surface area contributed by atoms with E-state index in [9.17, 15) is 9.59 Å². The van der Waals surface area contributed by atoms with Crippen LogP contribution in [-0.2, 0) is 9.59 Å². The number of benzene rings is 1. The van der Waals surface area contributed by atoms with E-state index in [1.807, 2.05) is 12.1 Å². The van der Waals surface area contributed by atoms with Crippen LogP contribution < -0.4 is 5.32 Å². The van der Waals surface area contributed by atoms with Crippen LogP contribution in [0.5, 0.6) is 0 Å². The largest absolute Gasteiger partial charge is 0.339 e. The normalized spacial score (nSPS) is 14.9. The Hall–Kier alpha value is -2.12. The highest BCUT2D eigenvalue weighted by Crippen LogP contribution is 2.30. The third-order valence-electron chi connectivity index (χ3n) is 4.40. The van der Waals surface area contributed by atoms with Crippen molar-refractivity contribution in [2.45, 2.75) is 12.8 Å². The maximum atomic E-state index is 12.5. The van der Waals surface area contributed by atoms with E-state index in [1.54, 1.807) is 17.0 Å². The Morgan fingerprint density at radius 3 is 2.77 bits per heavy atom. The highest BCUT2D eigenvalue weighted by atomic mass is 79.9. The maximum Gasteiger partial charge on any atom is 0.245 e. The van der Waals surface area contributed by atoms with Gasteiger partial charge in [0.1, 0.15) is 0 Å². The van der Waals surface area contributed by atoms with Crippen LogP contribution in [-0.4, -0.2) is 40.0 Å². The van der Waals surface area contributed by atoms with Crippen molar-refractivity contribution in [1.29, 1.82) is 0 Å². The van der Waals surface area contributed by atoms with Crippen molar-refractivity contribution in [1.82, 2.24) is 15.1 Å². The van der Waals surface area contributed by atoms with Crippen molar-refractivity contribution >= 4 is 45.2 Å². The van der Waals surface area contributed by atoms with E-state index in [1.165, 1.54) is 6.08 Å². The number of nitrogens with zero attached hydrogens (tertiary/aromatic N) is 2. The average Bonchev–Trinajstić information content (AvgIpc) is 3.11. The molecule has 1 aliphatic rings. The predicted molar refractivity (Wildman–Crippen MR) is 105 cm³/mol. The second-order valence-electron chi connectivity index (χ2n) is 6.08. The SMILES string of the molecule is C=CC(=O)N1CCC(C(=O)Nc2cc(-c3cc(Br)ccc3Cl)[nH]n2)CC1. The van der Waals surface area contributed by atoms with Crippen molar-refractivity contribution < 1.29 is 9.59 Å². The third kappa shape index (κ3) is 4.16. The van der Waals surface area contributed by atoms with E-state index in [-0.39, 0.29) is 17.7 Å². The number of carbonyl (C=O) groups excluding carboxylic acids is 2. The number of piperidine rings is 1. The zero-order valence-corrected chi connectivity index (χ0v) is 16.3. The molecule has 8 heteroatoms. The quantitative estimate of drug-likeness (QED) is 0.713. The van der Waals surface area contributed by atoms with Crippen LogP contribution in [0.2, 0.25) is 5.02 Å². The van der Waals surface area contributed by atoms with Crippen LogP contribution >= 0.6 is 27.5 Å². The van der Waals surface area contributed by atoms with Gasteiger partial charge in [-0.1, -0.05) is 34.1 Å². The monoisotopic (exact) mass is 436 g/mol. The van der Waals surface area contributed by atoms with E-state index < -0.39 is 0 Å². The smallest absolute Gasteiger partial charge is 0.245 e. The topological polar surface area (TPSA) is 78.1 Å². The molecule has 0 unspecified atom stereocenters. The summed E-state index contributed by atoms with van der Waals surface area (Å²) < 4.78 is 0.901. The average molecular weight is 438 g/mol. The van der Waals surface area contributed by atoms with Crippen molar-refractivity contribution in [2.75, 3.05) is 18.4 Å². The summed E-state index contributed by atoms with van der Waals surface area (Å²) in [4.78, 5) is 25.8. The van der Waals surface area contributed by atoms with Crippen molar-refractivity contribution in [3.05, 3.63) is 46.4 Å². The zero-order valence-electron chi connectivity index (χ0n) is 14.0. The summed E-state index contributed by atoms with van der Waals surface area (Å²) in [6, 6.07) is 7.28. The van der Waals surface area contributed by atoms with Crippen molar-refractivity contribution in [3.63, 3.8) is 0 Å². The van der Waals surface area contributed by atoms with Gasteiger partial charge in [0.2, 0.25) is 11.8 Å². The highest BCUT2D eigenvalue weighted by Gasteiger charge is 2.26. The second-order valence-corrected chi connectivity index (χ2v) is 7.41. The van der Waals surface area contributed by atoms with Gasteiger partial charge >= 0.3 is 0 Å². The van der Waals surface area contributed by atoms with Crippen LogP contribution in [0, 0.1) is 5.92 Å². The first-order valence-electron chi connectivity index (χ1n) is 8.21. The lowest BCUT2D eigenvalue weighted by molar-refractivity contribution is -0.130. The van der Waals surface area contributed by atoms with Crippen LogP contribution in [0.25, 0.3) is 11.3 Å². The van der Waals surface area contributed by atoms with Gasteiger partial charge in [0.25, 0.3) is 0 Å². The minimum atomic E-state index is -0.140. The molecule has 0 aliphatic carbocycles. The number of H-pyrrole nitrogens is 1. The number of amides is 2. The first-order chi connectivity index (χ1) is 12.5.